The van der Waals surface area contributed by atoms with Gasteiger partial charge in [-0.05, 0) is 37.5 Å². The molecule has 1 saturated heterocycles. The van der Waals surface area contributed by atoms with Gasteiger partial charge in [0.2, 0.25) is 0 Å². The molecule has 0 radical (unpaired) electrons. The Bertz CT molecular complexity index is 594. The van der Waals surface area contributed by atoms with Gasteiger partial charge >= 0.3 is 0 Å². The topological polar surface area (TPSA) is 25.4 Å². The monoisotopic (exact) mass is 276 g/mol. The molecule has 4 heteroatoms. The maximum absolute atomic E-state index is 6.19. The summed E-state index contributed by atoms with van der Waals surface area (Å²) < 4.78 is 5.32. The van der Waals surface area contributed by atoms with Crippen molar-refractivity contribution >= 4 is 28.1 Å². The zero-order valence-electron chi connectivity index (χ0n) is 11.0. The van der Waals surface area contributed by atoms with Crippen LogP contribution in [0.15, 0.2) is 24.4 Å². The zero-order chi connectivity index (χ0) is 13.2. The van der Waals surface area contributed by atoms with Gasteiger partial charge in [-0.25, -0.2) is 4.98 Å². The minimum Gasteiger partial charge on any atom is -0.497 e. The number of hydrogen-bond acceptors (Lipinski definition) is 3. The maximum Gasteiger partial charge on any atom is 0.136 e. The van der Waals surface area contributed by atoms with E-state index in [0.29, 0.717) is 5.15 Å². The molecular weight excluding hydrogens is 260 g/mol. The molecule has 0 aliphatic carbocycles. The second-order valence-corrected chi connectivity index (χ2v) is 5.25. The van der Waals surface area contributed by atoms with Gasteiger partial charge in [-0.2, -0.15) is 0 Å². The van der Waals surface area contributed by atoms with Gasteiger partial charge in [0.25, 0.3) is 0 Å². The Morgan fingerprint density at radius 1 is 1.16 bits per heavy atom. The normalized spacial score (nSPS) is 15.8. The molecule has 0 atom stereocenters. The first-order valence-corrected chi connectivity index (χ1v) is 7.04. The highest BCUT2D eigenvalue weighted by molar-refractivity contribution is 6.34. The molecule has 3 rings (SSSR count). The van der Waals surface area contributed by atoms with E-state index in [0.717, 1.165) is 35.3 Å². The highest BCUT2D eigenvalue weighted by atomic mass is 35.5. The van der Waals surface area contributed by atoms with Crippen LogP contribution in [0.25, 0.3) is 10.8 Å². The fraction of sp³-hybridized carbons (Fsp3) is 0.400. The molecule has 1 aliphatic heterocycles. The largest absolute Gasteiger partial charge is 0.497 e. The molecule has 1 aliphatic rings. The fourth-order valence-electron chi connectivity index (χ4n) is 2.69. The Morgan fingerprint density at radius 2 is 1.95 bits per heavy atom. The first-order chi connectivity index (χ1) is 9.29. The Labute approximate surface area is 118 Å². The lowest BCUT2D eigenvalue weighted by atomic mass is 10.1. The number of pyridine rings is 1. The maximum atomic E-state index is 6.19. The summed E-state index contributed by atoms with van der Waals surface area (Å²) in [6, 6.07) is 5.96. The Hall–Kier alpha value is -1.48. The zero-order valence-corrected chi connectivity index (χ0v) is 11.8. The standard InChI is InChI=1S/C15H17ClN2O/c1-19-11-5-6-12-13(9-11)14(10-17-15(12)16)18-7-3-2-4-8-18/h5-6,9-10H,2-4,7-8H2,1H3. The Morgan fingerprint density at radius 3 is 2.68 bits per heavy atom. The van der Waals surface area contributed by atoms with E-state index in [-0.39, 0.29) is 0 Å². The van der Waals surface area contributed by atoms with Crippen LogP contribution in [0.4, 0.5) is 5.69 Å². The number of methoxy groups -OCH3 is 1. The van der Waals surface area contributed by atoms with Crippen LogP contribution < -0.4 is 9.64 Å². The van der Waals surface area contributed by atoms with Crippen molar-refractivity contribution in [3.8, 4) is 5.75 Å². The molecule has 0 spiro atoms. The predicted octanol–water partition coefficient (Wildman–Crippen LogP) is 3.89. The highest BCUT2D eigenvalue weighted by Crippen LogP contribution is 2.34. The fourth-order valence-corrected chi connectivity index (χ4v) is 2.90. The first kappa shape index (κ1) is 12.5. The lowest BCUT2D eigenvalue weighted by molar-refractivity contribution is 0.415. The van der Waals surface area contributed by atoms with Crippen molar-refractivity contribution < 1.29 is 4.74 Å². The summed E-state index contributed by atoms with van der Waals surface area (Å²) in [5, 5.41) is 2.67. The molecule has 1 aromatic heterocycles. The van der Waals surface area contributed by atoms with Gasteiger partial charge < -0.3 is 9.64 Å². The van der Waals surface area contributed by atoms with Gasteiger partial charge in [-0.1, -0.05) is 11.6 Å². The smallest absolute Gasteiger partial charge is 0.136 e. The van der Waals surface area contributed by atoms with Crippen molar-refractivity contribution in [2.24, 2.45) is 0 Å². The van der Waals surface area contributed by atoms with Crippen LogP contribution in [0.3, 0.4) is 0 Å². The number of ether oxygens (including phenoxy) is 1. The third kappa shape index (κ3) is 2.35. The molecule has 0 amide bonds. The number of rotatable bonds is 2. The summed E-state index contributed by atoms with van der Waals surface area (Å²) in [6.07, 6.45) is 5.69. The van der Waals surface area contributed by atoms with Gasteiger partial charge in [0, 0.05) is 23.9 Å². The third-order valence-corrected chi connectivity index (χ3v) is 4.02. The quantitative estimate of drug-likeness (QED) is 0.778. The summed E-state index contributed by atoms with van der Waals surface area (Å²) in [4.78, 5) is 6.72. The number of piperidine rings is 1. The summed E-state index contributed by atoms with van der Waals surface area (Å²) in [5.74, 6) is 0.855. The number of aromatic nitrogens is 1. The van der Waals surface area contributed by atoms with Crippen LogP contribution >= 0.6 is 11.6 Å². The summed E-state index contributed by atoms with van der Waals surface area (Å²) in [5.41, 5.74) is 1.16. The van der Waals surface area contributed by atoms with Gasteiger partial charge in [0.1, 0.15) is 10.9 Å². The Kier molecular flexibility index (Phi) is 3.47. The molecule has 0 N–H and O–H groups in total. The summed E-state index contributed by atoms with van der Waals surface area (Å²) in [7, 11) is 1.69. The molecule has 19 heavy (non-hydrogen) atoms. The van der Waals surface area contributed by atoms with E-state index in [1.54, 1.807) is 7.11 Å². The van der Waals surface area contributed by atoms with Crippen LogP contribution in [0.2, 0.25) is 5.15 Å². The lowest BCUT2D eigenvalue weighted by Gasteiger charge is -2.29. The van der Waals surface area contributed by atoms with Crippen molar-refractivity contribution in [1.29, 1.82) is 0 Å². The van der Waals surface area contributed by atoms with Crippen LogP contribution in [-0.2, 0) is 0 Å². The molecule has 0 saturated carbocycles. The average Bonchev–Trinajstić information content (AvgIpc) is 2.48. The minimum absolute atomic E-state index is 0.554. The third-order valence-electron chi connectivity index (χ3n) is 3.72. The van der Waals surface area contributed by atoms with E-state index in [1.807, 2.05) is 24.4 Å². The molecule has 2 aromatic rings. The Balaban J connectivity index is 2.14. The predicted molar refractivity (Wildman–Crippen MR) is 79.4 cm³/mol. The van der Waals surface area contributed by atoms with Crippen molar-refractivity contribution in [1.82, 2.24) is 4.98 Å². The number of nitrogens with zero attached hydrogens (tertiary/aromatic N) is 2. The second kappa shape index (κ2) is 5.25. The van der Waals surface area contributed by atoms with Crippen LogP contribution in [0, 0.1) is 0 Å². The van der Waals surface area contributed by atoms with Crippen molar-refractivity contribution in [2.75, 3.05) is 25.1 Å². The number of fused-ring (bicyclic) bond motifs is 1. The minimum atomic E-state index is 0.554. The number of halogens is 1. The second-order valence-electron chi connectivity index (χ2n) is 4.89. The van der Waals surface area contributed by atoms with Crippen molar-refractivity contribution in [3.63, 3.8) is 0 Å². The molecule has 1 fully saturated rings. The molecule has 3 nitrogen and oxygen atoms in total. The summed E-state index contributed by atoms with van der Waals surface area (Å²) >= 11 is 6.19. The molecular formula is C15H17ClN2O. The van der Waals surface area contributed by atoms with E-state index >= 15 is 0 Å². The van der Waals surface area contributed by atoms with Crippen LogP contribution in [0.1, 0.15) is 19.3 Å². The number of hydrogen-bond donors (Lipinski definition) is 0. The van der Waals surface area contributed by atoms with E-state index < -0.39 is 0 Å². The van der Waals surface area contributed by atoms with E-state index in [9.17, 15) is 0 Å². The number of anilines is 1. The van der Waals surface area contributed by atoms with E-state index in [1.165, 1.54) is 19.3 Å². The number of benzene rings is 1. The van der Waals surface area contributed by atoms with Crippen molar-refractivity contribution in [2.45, 2.75) is 19.3 Å². The van der Waals surface area contributed by atoms with E-state index in [2.05, 4.69) is 9.88 Å². The molecule has 0 bridgehead atoms. The molecule has 1 aromatic carbocycles. The van der Waals surface area contributed by atoms with Gasteiger partial charge in [-0.15, -0.1) is 0 Å². The van der Waals surface area contributed by atoms with Gasteiger partial charge in [0.05, 0.1) is 19.0 Å². The van der Waals surface area contributed by atoms with Crippen molar-refractivity contribution in [3.05, 3.63) is 29.5 Å². The SMILES string of the molecule is COc1ccc2c(Cl)ncc(N3CCCCC3)c2c1. The van der Waals surface area contributed by atoms with Crippen LogP contribution in [-0.4, -0.2) is 25.2 Å². The lowest BCUT2D eigenvalue weighted by Crippen LogP contribution is -2.29. The average molecular weight is 277 g/mol. The molecule has 2 heterocycles. The van der Waals surface area contributed by atoms with Gasteiger partial charge in [0.15, 0.2) is 0 Å². The highest BCUT2D eigenvalue weighted by Gasteiger charge is 2.15. The summed E-state index contributed by atoms with van der Waals surface area (Å²) in [6.45, 7) is 2.19. The van der Waals surface area contributed by atoms with E-state index in [4.69, 9.17) is 16.3 Å². The molecule has 0 unspecified atom stereocenters. The molecule has 100 valence electrons. The first-order valence-electron chi connectivity index (χ1n) is 6.67. The van der Waals surface area contributed by atoms with Crippen LogP contribution in [0.5, 0.6) is 5.75 Å². The van der Waals surface area contributed by atoms with Gasteiger partial charge in [-0.3, -0.25) is 0 Å².